The number of methoxy groups -OCH3 is 1. The van der Waals surface area contributed by atoms with E-state index in [1.54, 1.807) is 13.8 Å². The normalized spacial score (nSPS) is 26.1. The molecule has 0 bridgehead atoms. The lowest BCUT2D eigenvalue weighted by molar-refractivity contribution is -0.147. The Balaban J connectivity index is 1.91. The predicted octanol–water partition coefficient (Wildman–Crippen LogP) is 1.71. The summed E-state index contributed by atoms with van der Waals surface area (Å²) >= 11 is 0. The van der Waals surface area contributed by atoms with Crippen molar-refractivity contribution in [2.75, 3.05) is 20.2 Å². The number of carbonyl (C=O) groups excluding carboxylic acids is 2. The van der Waals surface area contributed by atoms with Crippen LogP contribution in [0.3, 0.4) is 0 Å². The molecule has 0 radical (unpaired) electrons. The summed E-state index contributed by atoms with van der Waals surface area (Å²) in [5, 5.41) is 3.04. The minimum atomic E-state index is -0.827. The second kappa shape index (κ2) is 6.77. The molecule has 120 valence electrons. The van der Waals surface area contributed by atoms with Gasteiger partial charge in [0, 0.05) is 12.6 Å². The van der Waals surface area contributed by atoms with Gasteiger partial charge < -0.3 is 9.64 Å². The molecule has 1 N–H and O–H groups in total. The standard InChI is InChI=1S/C16H28N2O3/c1-16(2,15(20)21-3)17-11-14(19)18-10-6-8-12-7-4-5-9-13(12)18/h12-13,17H,4-11H2,1-3H3/t12-,13+/m1/s1. The van der Waals surface area contributed by atoms with Gasteiger partial charge in [-0.15, -0.1) is 0 Å². The summed E-state index contributed by atoms with van der Waals surface area (Å²) in [6.45, 7) is 4.54. The number of carbonyl (C=O) groups is 2. The fourth-order valence-electron chi connectivity index (χ4n) is 3.66. The summed E-state index contributed by atoms with van der Waals surface area (Å²) < 4.78 is 4.75. The Labute approximate surface area is 127 Å². The maximum atomic E-state index is 12.5. The number of likely N-dealkylation sites (tertiary alicyclic amines) is 1. The Hall–Kier alpha value is -1.10. The molecule has 1 aliphatic carbocycles. The molecule has 2 fully saturated rings. The van der Waals surface area contributed by atoms with Crippen LogP contribution in [-0.2, 0) is 14.3 Å². The van der Waals surface area contributed by atoms with E-state index < -0.39 is 5.54 Å². The molecule has 1 saturated heterocycles. The molecule has 5 nitrogen and oxygen atoms in total. The number of hydrogen-bond acceptors (Lipinski definition) is 4. The van der Waals surface area contributed by atoms with E-state index in [4.69, 9.17) is 4.74 Å². The highest BCUT2D eigenvalue weighted by Crippen LogP contribution is 2.35. The zero-order chi connectivity index (χ0) is 15.5. The molecular weight excluding hydrogens is 268 g/mol. The predicted molar refractivity (Wildman–Crippen MR) is 80.8 cm³/mol. The van der Waals surface area contributed by atoms with Gasteiger partial charge in [0.05, 0.1) is 13.7 Å². The van der Waals surface area contributed by atoms with Crippen LogP contribution in [0.1, 0.15) is 52.4 Å². The van der Waals surface area contributed by atoms with E-state index >= 15 is 0 Å². The Kier molecular flexibility index (Phi) is 5.25. The third kappa shape index (κ3) is 3.76. The molecule has 21 heavy (non-hydrogen) atoms. The molecule has 2 aliphatic rings. The second-order valence-corrected chi connectivity index (χ2v) is 6.81. The Morgan fingerprint density at radius 2 is 1.86 bits per heavy atom. The zero-order valence-electron chi connectivity index (χ0n) is 13.5. The lowest BCUT2D eigenvalue weighted by Crippen LogP contribution is -2.55. The second-order valence-electron chi connectivity index (χ2n) is 6.81. The van der Waals surface area contributed by atoms with Crippen LogP contribution in [0.5, 0.6) is 0 Å². The van der Waals surface area contributed by atoms with Crippen LogP contribution in [0.4, 0.5) is 0 Å². The van der Waals surface area contributed by atoms with Crippen molar-refractivity contribution in [3.05, 3.63) is 0 Å². The van der Waals surface area contributed by atoms with E-state index in [9.17, 15) is 9.59 Å². The third-order valence-electron chi connectivity index (χ3n) is 4.94. The van der Waals surface area contributed by atoms with E-state index in [-0.39, 0.29) is 18.4 Å². The van der Waals surface area contributed by atoms with Crippen LogP contribution < -0.4 is 5.32 Å². The van der Waals surface area contributed by atoms with Gasteiger partial charge in [0.2, 0.25) is 5.91 Å². The maximum absolute atomic E-state index is 12.5. The van der Waals surface area contributed by atoms with Gasteiger partial charge in [0.15, 0.2) is 0 Å². The first kappa shape index (κ1) is 16.3. The van der Waals surface area contributed by atoms with E-state index in [0.717, 1.165) is 19.4 Å². The highest BCUT2D eigenvalue weighted by atomic mass is 16.5. The van der Waals surface area contributed by atoms with Gasteiger partial charge in [0.1, 0.15) is 5.54 Å². The van der Waals surface area contributed by atoms with Crippen molar-refractivity contribution >= 4 is 11.9 Å². The van der Waals surface area contributed by atoms with Crippen molar-refractivity contribution < 1.29 is 14.3 Å². The minimum Gasteiger partial charge on any atom is -0.468 e. The molecule has 2 atom stereocenters. The van der Waals surface area contributed by atoms with E-state index in [1.807, 2.05) is 4.90 Å². The first-order chi connectivity index (χ1) is 9.95. The topological polar surface area (TPSA) is 58.6 Å². The van der Waals surface area contributed by atoms with E-state index in [2.05, 4.69) is 5.32 Å². The van der Waals surface area contributed by atoms with Gasteiger partial charge in [0.25, 0.3) is 0 Å². The summed E-state index contributed by atoms with van der Waals surface area (Å²) in [5.41, 5.74) is -0.827. The van der Waals surface area contributed by atoms with E-state index in [0.29, 0.717) is 12.0 Å². The number of esters is 1. The summed E-state index contributed by atoms with van der Waals surface area (Å²) in [6, 6.07) is 0.419. The van der Waals surface area contributed by atoms with Crippen molar-refractivity contribution in [3.8, 4) is 0 Å². The number of piperidine rings is 1. The summed E-state index contributed by atoms with van der Waals surface area (Å²) in [6.07, 6.45) is 7.29. The molecule has 0 spiro atoms. The molecule has 0 unspecified atom stereocenters. The number of hydrogen-bond donors (Lipinski definition) is 1. The molecular formula is C16H28N2O3. The van der Waals surface area contributed by atoms with Gasteiger partial charge in [-0.05, 0) is 45.4 Å². The molecule has 2 rings (SSSR count). The van der Waals surface area contributed by atoms with Gasteiger partial charge in [-0.1, -0.05) is 12.8 Å². The lowest BCUT2D eigenvalue weighted by Gasteiger charge is -2.44. The number of amides is 1. The largest absolute Gasteiger partial charge is 0.468 e. The van der Waals surface area contributed by atoms with Crippen LogP contribution >= 0.6 is 0 Å². The van der Waals surface area contributed by atoms with Crippen LogP contribution in [0.2, 0.25) is 0 Å². The first-order valence-electron chi connectivity index (χ1n) is 8.08. The fourth-order valence-corrected chi connectivity index (χ4v) is 3.66. The van der Waals surface area contributed by atoms with E-state index in [1.165, 1.54) is 32.8 Å². The number of nitrogens with one attached hydrogen (secondary N) is 1. The number of ether oxygens (including phenoxy) is 1. The van der Waals surface area contributed by atoms with Crippen molar-refractivity contribution in [1.29, 1.82) is 0 Å². The lowest BCUT2D eigenvalue weighted by atomic mass is 9.78. The van der Waals surface area contributed by atoms with Crippen molar-refractivity contribution in [2.24, 2.45) is 5.92 Å². The van der Waals surface area contributed by atoms with Crippen LogP contribution in [0.25, 0.3) is 0 Å². The van der Waals surface area contributed by atoms with Crippen LogP contribution in [-0.4, -0.2) is 48.6 Å². The molecule has 0 aromatic heterocycles. The fraction of sp³-hybridized carbons (Fsp3) is 0.875. The zero-order valence-corrected chi connectivity index (χ0v) is 13.5. The Morgan fingerprint density at radius 3 is 2.57 bits per heavy atom. The Morgan fingerprint density at radius 1 is 1.19 bits per heavy atom. The van der Waals surface area contributed by atoms with Crippen molar-refractivity contribution in [2.45, 2.75) is 64.0 Å². The average molecular weight is 296 g/mol. The highest BCUT2D eigenvalue weighted by Gasteiger charge is 2.36. The van der Waals surface area contributed by atoms with Crippen LogP contribution in [0, 0.1) is 5.92 Å². The van der Waals surface area contributed by atoms with Gasteiger partial charge in [-0.25, -0.2) is 0 Å². The van der Waals surface area contributed by atoms with Crippen molar-refractivity contribution in [1.82, 2.24) is 10.2 Å². The van der Waals surface area contributed by atoms with Crippen molar-refractivity contribution in [3.63, 3.8) is 0 Å². The summed E-state index contributed by atoms with van der Waals surface area (Å²) in [5.74, 6) is 0.457. The number of fused-ring (bicyclic) bond motifs is 1. The monoisotopic (exact) mass is 296 g/mol. The molecule has 1 saturated carbocycles. The molecule has 0 aromatic carbocycles. The molecule has 0 aromatic rings. The smallest absolute Gasteiger partial charge is 0.325 e. The van der Waals surface area contributed by atoms with Gasteiger partial charge in [-0.3, -0.25) is 14.9 Å². The van der Waals surface area contributed by atoms with Crippen LogP contribution in [0.15, 0.2) is 0 Å². The molecule has 5 heteroatoms. The quantitative estimate of drug-likeness (QED) is 0.802. The summed E-state index contributed by atoms with van der Waals surface area (Å²) in [7, 11) is 1.37. The average Bonchev–Trinajstić information content (AvgIpc) is 2.51. The molecule has 1 amide bonds. The number of nitrogens with zero attached hydrogens (tertiary/aromatic N) is 1. The highest BCUT2D eigenvalue weighted by molar-refractivity contribution is 5.82. The molecule has 1 aliphatic heterocycles. The minimum absolute atomic E-state index is 0.114. The van der Waals surface area contributed by atoms with Gasteiger partial charge in [-0.2, -0.15) is 0 Å². The number of rotatable bonds is 4. The first-order valence-corrected chi connectivity index (χ1v) is 8.08. The third-order valence-corrected chi connectivity index (χ3v) is 4.94. The maximum Gasteiger partial charge on any atom is 0.325 e. The summed E-state index contributed by atoms with van der Waals surface area (Å²) in [4.78, 5) is 26.2. The van der Waals surface area contributed by atoms with Gasteiger partial charge >= 0.3 is 5.97 Å². The molecule has 1 heterocycles. The SMILES string of the molecule is COC(=O)C(C)(C)NCC(=O)N1CCC[C@H]2CCCC[C@@H]21. The Bertz CT molecular complexity index is 393.